The standard InChI is InChI=1S/C15H12F3N3O2S/c16-15(17,18)11-4-1-5-13(8-11)24(22,23)20-9-12-7-10-3-2-6-19-14(10)21-12/h1-8,20H,9H2,(H,19,21). The number of alkyl halides is 3. The number of aromatic nitrogens is 2. The fourth-order valence-electron chi connectivity index (χ4n) is 2.21. The summed E-state index contributed by atoms with van der Waals surface area (Å²) in [5.41, 5.74) is 0.144. The molecule has 5 nitrogen and oxygen atoms in total. The van der Waals surface area contributed by atoms with Crippen molar-refractivity contribution < 1.29 is 21.6 Å². The van der Waals surface area contributed by atoms with Gasteiger partial charge in [-0.25, -0.2) is 18.1 Å². The molecular formula is C15H12F3N3O2S. The van der Waals surface area contributed by atoms with Crippen LogP contribution in [0.5, 0.6) is 0 Å². The van der Waals surface area contributed by atoms with E-state index in [1.54, 1.807) is 18.3 Å². The minimum atomic E-state index is -4.60. The summed E-state index contributed by atoms with van der Waals surface area (Å²) in [5, 5.41) is 0.811. The average Bonchev–Trinajstić information content (AvgIpc) is 2.95. The molecule has 0 fully saturated rings. The highest BCUT2D eigenvalue weighted by Crippen LogP contribution is 2.30. The van der Waals surface area contributed by atoms with Gasteiger partial charge in [-0.05, 0) is 36.4 Å². The molecule has 24 heavy (non-hydrogen) atoms. The summed E-state index contributed by atoms with van der Waals surface area (Å²) in [6, 6.07) is 8.87. The molecule has 0 atom stereocenters. The Labute approximate surface area is 135 Å². The second-order valence-electron chi connectivity index (χ2n) is 5.09. The molecule has 0 unspecified atom stereocenters. The van der Waals surface area contributed by atoms with Crippen molar-refractivity contribution in [2.45, 2.75) is 17.6 Å². The summed E-state index contributed by atoms with van der Waals surface area (Å²) in [4.78, 5) is 6.58. The van der Waals surface area contributed by atoms with Gasteiger partial charge in [0.1, 0.15) is 5.65 Å². The quantitative estimate of drug-likeness (QED) is 0.755. The molecule has 0 spiro atoms. The van der Waals surface area contributed by atoms with Crippen LogP contribution in [0.1, 0.15) is 11.3 Å². The van der Waals surface area contributed by atoms with Gasteiger partial charge in [0.25, 0.3) is 0 Å². The Bertz CT molecular complexity index is 948. The van der Waals surface area contributed by atoms with E-state index >= 15 is 0 Å². The van der Waals surface area contributed by atoms with Crippen molar-refractivity contribution in [1.82, 2.24) is 14.7 Å². The van der Waals surface area contributed by atoms with Gasteiger partial charge in [0.05, 0.1) is 17.0 Å². The number of H-pyrrole nitrogens is 1. The average molecular weight is 355 g/mol. The van der Waals surface area contributed by atoms with E-state index in [1.807, 2.05) is 6.07 Å². The van der Waals surface area contributed by atoms with E-state index in [0.29, 0.717) is 17.4 Å². The summed E-state index contributed by atoms with van der Waals surface area (Å²) in [6.45, 7) is -0.0884. The second-order valence-corrected chi connectivity index (χ2v) is 6.85. The fraction of sp³-hybridized carbons (Fsp3) is 0.133. The lowest BCUT2D eigenvalue weighted by molar-refractivity contribution is -0.137. The Balaban J connectivity index is 1.81. The number of hydrogen-bond donors (Lipinski definition) is 2. The van der Waals surface area contributed by atoms with Gasteiger partial charge < -0.3 is 4.98 Å². The van der Waals surface area contributed by atoms with E-state index in [0.717, 1.165) is 23.6 Å². The van der Waals surface area contributed by atoms with E-state index < -0.39 is 26.7 Å². The maximum atomic E-state index is 12.7. The molecule has 0 amide bonds. The van der Waals surface area contributed by atoms with Gasteiger partial charge in [0.2, 0.25) is 10.0 Å². The lowest BCUT2D eigenvalue weighted by Crippen LogP contribution is -2.23. The minimum absolute atomic E-state index is 0.0884. The number of nitrogens with one attached hydrogen (secondary N) is 2. The highest BCUT2D eigenvalue weighted by Gasteiger charge is 2.31. The van der Waals surface area contributed by atoms with Gasteiger partial charge in [-0.2, -0.15) is 13.2 Å². The summed E-state index contributed by atoms with van der Waals surface area (Å²) in [5.74, 6) is 0. The Morgan fingerprint density at radius 1 is 1.12 bits per heavy atom. The maximum absolute atomic E-state index is 12.7. The molecular weight excluding hydrogens is 343 g/mol. The van der Waals surface area contributed by atoms with E-state index in [9.17, 15) is 21.6 Å². The zero-order valence-electron chi connectivity index (χ0n) is 12.1. The number of benzene rings is 1. The summed E-state index contributed by atoms with van der Waals surface area (Å²) >= 11 is 0. The van der Waals surface area contributed by atoms with Crippen LogP contribution in [0, 0.1) is 0 Å². The molecule has 0 saturated heterocycles. The van der Waals surface area contributed by atoms with Crippen molar-refractivity contribution in [3.8, 4) is 0 Å². The highest BCUT2D eigenvalue weighted by atomic mass is 32.2. The Morgan fingerprint density at radius 2 is 1.92 bits per heavy atom. The van der Waals surface area contributed by atoms with Crippen LogP contribution in [0.2, 0.25) is 0 Å². The lowest BCUT2D eigenvalue weighted by atomic mass is 10.2. The topological polar surface area (TPSA) is 74.8 Å². The number of nitrogens with zero attached hydrogens (tertiary/aromatic N) is 1. The van der Waals surface area contributed by atoms with Gasteiger partial charge in [-0.1, -0.05) is 6.07 Å². The number of rotatable bonds is 4. The first kappa shape index (κ1) is 16.5. The number of fused-ring (bicyclic) bond motifs is 1. The van der Waals surface area contributed by atoms with E-state index in [1.165, 1.54) is 0 Å². The molecule has 0 aliphatic carbocycles. The molecule has 9 heteroatoms. The smallest absolute Gasteiger partial charge is 0.342 e. The van der Waals surface area contributed by atoms with Crippen molar-refractivity contribution >= 4 is 21.1 Å². The largest absolute Gasteiger partial charge is 0.416 e. The van der Waals surface area contributed by atoms with Crippen molar-refractivity contribution in [3.63, 3.8) is 0 Å². The lowest BCUT2D eigenvalue weighted by Gasteiger charge is -2.10. The molecule has 2 heterocycles. The Kier molecular flexibility index (Phi) is 4.06. The molecule has 1 aromatic carbocycles. The van der Waals surface area contributed by atoms with Crippen LogP contribution in [0.4, 0.5) is 13.2 Å². The second kappa shape index (κ2) is 5.91. The predicted molar refractivity (Wildman–Crippen MR) is 81.6 cm³/mol. The molecule has 0 aliphatic rings. The first-order chi connectivity index (χ1) is 11.3. The van der Waals surface area contributed by atoms with Gasteiger partial charge in [-0.15, -0.1) is 0 Å². The highest BCUT2D eigenvalue weighted by molar-refractivity contribution is 7.89. The van der Waals surface area contributed by atoms with Gasteiger partial charge in [0, 0.05) is 17.3 Å². The van der Waals surface area contributed by atoms with Crippen molar-refractivity contribution in [2.24, 2.45) is 0 Å². The molecule has 126 valence electrons. The van der Waals surface area contributed by atoms with E-state index in [4.69, 9.17) is 0 Å². The first-order valence-electron chi connectivity index (χ1n) is 6.85. The molecule has 2 aromatic heterocycles. The van der Waals surface area contributed by atoms with Crippen LogP contribution < -0.4 is 4.72 Å². The Morgan fingerprint density at radius 3 is 2.62 bits per heavy atom. The molecule has 0 saturated carbocycles. The number of sulfonamides is 1. The molecule has 3 rings (SSSR count). The third kappa shape index (κ3) is 3.41. The first-order valence-corrected chi connectivity index (χ1v) is 8.33. The predicted octanol–water partition coefficient (Wildman–Crippen LogP) is 3.06. The van der Waals surface area contributed by atoms with Crippen LogP contribution in [-0.2, 0) is 22.7 Å². The summed E-state index contributed by atoms with van der Waals surface area (Å²) in [7, 11) is -4.07. The van der Waals surface area contributed by atoms with E-state index in [-0.39, 0.29) is 6.54 Å². The van der Waals surface area contributed by atoms with Gasteiger partial charge >= 0.3 is 6.18 Å². The normalized spacial score (nSPS) is 12.6. The van der Waals surface area contributed by atoms with Crippen molar-refractivity contribution in [2.75, 3.05) is 0 Å². The zero-order valence-corrected chi connectivity index (χ0v) is 12.9. The molecule has 0 radical (unpaired) electrons. The number of hydrogen-bond acceptors (Lipinski definition) is 3. The molecule has 0 aliphatic heterocycles. The third-order valence-electron chi connectivity index (χ3n) is 3.37. The number of pyridine rings is 1. The molecule has 0 bridgehead atoms. The number of halogens is 3. The van der Waals surface area contributed by atoms with E-state index in [2.05, 4.69) is 14.7 Å². The minimum Gasteiger partial charge on any atom is -0.342 e. The van der Waals surface area contributed by atoms with Crippen LogP contribution in [-0.4, -0.2) is 18.4 Å². The Hall–Kier alpha value is -2.39. The maximum Gasteiger partial charge on any atom is 0.416 e. The summed E-state index contributed by atoms with van der Waals surface area (Å²) < 4.78 is 64.8. The van der Waals surface area contributed by atoms with Crippen LogP contribution >= 0.6 is 0 Å². The monoisotopic (exact) mass is 355 g/mol. The van der Waals surface area contributed by atoms with Crippen LogP contribution in [0.25, 0.3) is 11.0 Å². The van der Waals surface area contributed by atoms with Crippen molar-refractivity contribution in [3.05, 3.63) is 59.9 Å². The van der Waals surface area contributed by atoms with Gasteiger partial charge in [-0.3, -0.25) is 0 Å². The molecule has 3 aromatic rings. The van der Waals surface area contributed by atoms with Crippen molar-refractivity contribution in [1.29, 1.82) is 0 Å². The fourth-order valence-corrected chi connectivity index (χ4v) is 3.26. The SMILES string of the molecule is O=S(=O)(NCc1cc2cccnc2[nH]1)c1cccc(C(F)(F)F)c1. The summed E-state index contributed by atoms with van der Waals surface area (Å²) in [6.07, 6.45) is -3.01. The van der Waals surface area contributed by atoms with Gasteiger partial charge in [0.15, 0.2) is 0 Å². The van der Waals surface area contributed by atoms with Crippen LogP contribution in [0.15, 0.2) is 53.6 Å². The number of aromatic amines is 1. The third-order valence-corrected chi connectivity index (χ3v) is 4.77. The van der Waals surface area contributed by atoms with Crippen LogP contribution in [0.3, 0.4) is 0 Å². The molecule has 2 N–H and O–H groups in total. The zero-order chi connectivity index (χ0) is 17.4.